The van der Waals surface area contributed by atoms with Crippen LogP contribution in [-0.4, -0.2) is 46.7 Å². The molecule has 0 unspecified atom stereocenters. The average molecular weight is 517 g/mol. The summed E-state index contributed by atoms with van der Waals surface area (Å²) in [4.78, 5) is 66.9. The van der Waals surface area contributed by atoms with E-state index in [4.69, 9.17) is 5.73 Å². The summed E-state index contributed by atoms with van der Waals surface area (Å²) in [5.74, 6) is -2.58. The Kier molecular flexibility index (Phi) is 8.18. The Bertz CT molecular complexity index is 950. The zero-order chi connectivity index (χ0) is 28.1. The van der Waals surface area contributed by atoms with Crippen molar-refractivity contribution in [3.8, 4) is 0 Å². The molecule has 2 N–H and O–H groups in total. The first-order valence-electron chi connectivity index (χ1n) is 14.0. The highest BCUT2D eigenvalue weighted by Gasteiger charge is 2.69. The van der Waals surface area contributed by atoms with Crippen molar-refractivity contribution in [2.24, 2.45) is 51.6 Å². The molecule has 0 bridgehead atoms. The van der Waals surface area contributed by atoms with Gasteiger partial charge in [-0.05, 0) is 40.4 Å². The topological polar surface area (TPSA) is 115 Å². The Morgan fingerprint density at radius 2 is 1.57 bits per heavy atom. The standard InChI is InChI=1S/C30H48N2O5/c1-28(2,3)15-19(33)14-20(29(4,5)6)27(37)32-16-21-23(30(21,7)8)24(32)22(34)13-18(25(35)26(31)36)12-17-10-9-11-17/h17-18,20-21,23-24H,9-16H2,1-8H3,(H2,31,36)/t18-,20+,21-,23-,24+/m0/s1. The van der Waals surface area contributed by atoms with Gasteiger partial charge >= 0.3 is 0 Å². The Labute approximate surface area is 222 Å². The summed E-state index contributed by atoms with van der Waals surface area (Å²) in [5.41, 5.74) is 4.66. The number of primary amides is 1. The number of amides is 2. The van der Waals surface area contributed by atoms with Gasteiger partial charge in [-0.3, -0.25) is 24.0 Å². The van der Waals surface area contributed by atoms with E-state index in [1.54, 1.807) is 4.90 Å². The average Bonchev–Trinajstić information content (AvgIpc) is 3.06. The van der Waals surface area contributed by atoms with Crippen molar-refractivity contribution in [1.82, 2.24) is 4.90 Å². The van der Waals surface area contributed by atoms with Crippen LogP contribution < -0.4 is 5.73 Å². The molecule has 2 aliphatic carbocycles. The fourth-order valence-corrected chi connectivity index (χ4v) is 6.72. The lowest BCUT2D eigenvalue weighted by Gasteiger charge is -2.38. The van der Waals surface area contributed by atoms with Gasteiger partial charge < -0.3 is 10.6 Å². The number of carbonyl (C=O) groups excluding carboxylic acids is 5. The Morgan fingerprint density at radius 3 is 2.03 bits per heavy atom. The first kappa shape index (κ1) is 29.5. The number of likely N-dealkylation sites (tertiary alicyclic amines) is 1. The summed E-state index contributed by atoms with van der Waals surface area (Å²) < 4.78 is 0. The van der Waals surface area contributed by atoms with Crippen molar-refractivity contribution < 1.29 is 24.0 Å². The second kappa shape index (κ2) is 10.3. The van der Waals surface area contributed by atoms with E-state index >= 15 is 0 Å². The van der Waals surface area contributed by atoms with Crippen molar-refractivity contribution in [2.45, 2.75) is 106 Å². The molecule has 0 radical (unpaired) electrons. The molecule has 3 rings (SSSR count). The number of ketones is 3. The molecule has 2 saturated carbocycles. The quantitative estimate of drug-likeness (QED) is 0.410. The number of hydrogen-bond acceptors (Lipinski definition) is 5. The van der Waals surface area contributed by atoms with Gasteiger partial charge in [-0.15, -0.1) is 0 Å². The minimum atomic E-state index is -0.994. The molecule has 0 aromatic carbocycles. The van der Waals surface area contributed by atoms with Crippen molar-refractivity contribution in [3.05, 3.63) is 0 Å². The predicted octanol–water partition coefficient (Wildman–Crippen LogP) is 4.35. The van der Waals surface area contributed by atoms with Crippen LogP contribution in [0.5, 0.6) is 0 Å². The number of piperidine rings is 1. The third kappa shape index (κ3) is 6.51. The lowest BCUT2D eigenvalue weighted by atomic mass is 9.74. The van der Waals surface area contributed by atoms with Crippen molar-refractivity contribution in [1.29, 1.82) is 0 Å². The lowest BCUT2D eigenvalue weighted by Crippen LogP contribution is -2.51. The van der Waals surface area contributed by atoms with E-state index in [1.165, 1.54) is 0 Å². The maximum absolute atomic E-state index is 14.0. The number of fused-ring (bicyclic) bond motifs is 1. The first-order valence-corrected chi connectivity index (χ1v) is 14.0. The zero-order valence-corrected chi connectivity index (χ0v) is 24.2. The van der Waals surface area contributed by atoms with Crippen molar-refractivity contribution in [2.75, 3.05) is 6.54 Å². The molecule has 5 atom stereocenters. The summed E-state index contributed by atoms with van der Waals surface area (Å²) in [6.45, 7) is 16.7. The van der Waals surface area contributed by atoms with E-state index in [9.17, 15) is 24.0 Å². The van der Waals surface area contributed by atoms with E-state index in [0.29, 0.717) is 25.3 Å². The molecule has 7 nitrogen and oxygen atoms in total. The minimum absolute atomic E-state index is 0.0304. The summed E-state index contributed by atoms with van der Waals surface area (Å²) in [5, 5.41) is 0. The van der Waals surface area contributed by atoms with Crippen LogP contribution >= 0.6 is 0 Å². The van der Waals surface area contributed by atoms with Gasteiger partial charge in [0.1, 0.15) is 5.78 Å². The molecule has 2 amide bonds. The van der Waals surface area contributed by atoms with Gasteiger partial charge in [0.15, 0.2) is 5.78 Å². The summed E-state index contributed by atoms with van der Waals surface area (Å²) in [7, 11) is 0. The normalized spacial score (nSPS) is 26.6. The van der Waals surface area contributed by atoms with Crippen LogP contribution in [0.4, 0.5) is 0 Å². The van der Waals surface area contributed by atoms with Crippen LogP contribution in [0.2, 0.25) is 0 Å². The fourth-order valence-electron chi connectivity index (χ4n) is 6.72. The van der Waals surface area contributed by atoms with Crippen LogP contribution in [-0.2, 0) is 24.0 Å². The Balaban J connectivity index is 1.83. The van der Waals surface area contributed by atoms with Gasteiger partial charge in [0.25, 0.3) is 5.91 Å². The maximum Gasteiger partial charge on any atom is 0.285 e. The van der Waals surface area contributed by atoms with Gasteiger partial charge in [0, 0.05) is 37.6 Å². The van der Waals surface area contributed by atoms with Crippen LogP contribution in [0.25, 0.3) is 0 Å². The Hall–Kier alpha value is -2.05. The third-order valence-corrected chi connectivity index (χ3v) is 9.23. The zero-order valence-electron chi connectivity index (χ0n) is 24.2. The molecule has 0 aromatic rings. The third-order valence-electron chi connectivity index (χ3n) is 9.23. The number of carbonyl (C=O) groups is 5. The maximum atomic E-state index is 14.0. The van der Waals surface area contributed by atoms with Gasteiger partial charge in [-0.25, -0.2) is 0 Å². The number of Topliss-reactive ketones (excluding diaryl/α,β-unsaturated/α-hetero) is 3. The molecule has 1 heterocycles. The fraction of sp³-hybridized carbons (Fsp3) is 0.833. The van der Waals surface area contributed by atoms with Crippen LogP contribution in [0.3, 0.4) is 0 Å². The molecule has 0 aromatic heterocycles. The van der Waals surface area contributed by atoms with Gasteiger partial charge in [-0.1, -0.05) is 74.7 Å². The molecule has 7 heteroatoms. The van der Waals surface area contributed by atoms with Crippen molar-refractivity contribution in [3.63, 3.8) is 0 Å². The number of nitrogens with two attached hydrogens (primary N) is 1. The first-order chi connectivity index (χ1) is 16.8. The van der Waals surface area contributed by atoms with E-state index in [0.717, 1.165) is 19.3 Å². The lowest BCUT2D eigenvalue weighted by molar-refractivity contribution is -0.148. The molecular weight excluding hydrogens is 468 g/mol. The van der Waals surface area contributed by atoms with Gasteiger partial charge in [0.2, 0.25) is 11.7 Å². The molecule has 3 fully saturated rings. The number of nitrogens with zero attached hydrogens (tertiary/aromatic N) is 1. The van der Waals surface area contributed by atoms with Gasteiger partial charge in [0.05, 0.1) is 6.04 Å². The van der Waals surface area contributed by atoms with E-state index < -0.39 is 35.0 Å². The highest BCUT2D eigenvalue weighted by Crippen LogP contribution is 2.65. The van der Waals surface area contributed by atoms with Gasteiger partial charge in [-0.2, -0.15) is 0 Å². The summed E-state index contributed by atoms with van der Waals surface area (Å²) in [6.07, 6.45) is 4.08. The van der Waals surface area contributed by atoms with Crippen LogP contribution in [0.1, 0.15) is 100 Å². The monoisotopic (exact) mass is 516 g/mol. The van der Waals surface area contributed by atoms with Crippen LogP contribution in [0.15, 0.2) is 0 Å². The highest BCUT2D eigenvalue weighted by atomic mass is 16.2. The molecule has 1 saturated heterocycles. The molecule has 0 spiro atoms. The predicted molar refractivity (Wildman–Crippen MR) is 142 cm³/mol. The molecule has 1 aliphatic heterocycles. The number of hydrogen-bond donors (Lipinski definition) is 1. The molecule has 3 aliphatic rings. The minimum Gasteiger partial charge on any atom is -0.363 e. The SMILES string of the molecule is CC(C)(C)CC(=O)C[C@H](C(=O)N1C[C@H]2[C@@H]([C@H]1C(=O)C[C@H](CC1CCC1)C(=O)C(N)=O)C2(C)C)C(C)(C)C. The van der Waals surface area contributed by atoms with Crippen LogP contribution in [0, 0.1) is 45.8 Å². The second-order valence-electron chi connectivity index (χ2n) is 14.9. The highest BCUT2D eigenvalue weighted by molar-refractivity contribution is 6.36. The molecule has 37 heavy (non-hydrogen) atoms. The van der Waals surface area contributed by atoms with E-state index in [1.807, 2.05) is 41.5 Å². The van der Waals surface area contributed by atoms with E-state index in [-0.39, 0.29) is 53.0 Å². The largest absolute Gasteiger partial charge is 0.363 e. The van der Waals surface area contributed by atoms with E-state index in [2.05, 4.69) is 13.8 Å². The number of rotatable bonds is 11. The Morgan fingerprint density at radius 1 is 0.973 bits per heavy atom. The van der Waals surface area contributed by atoms with Crippen molar-refractivity contribution >= 4 is 29.2 Å². The smallest absolute Gasteiger partial charge is 0.285 e. The molecule has 208 valence electrons. The summed E-state index contributed by atoms with van der Waals surface area (Å²) in [6, 6.07) is -0.625. The summed E-state index contributed by atoms with van der Waals surface area (Å²) >= 11 is 0. The second-order valence-corrected chi connectivity index (χ2v) is 14.9. The molecular formula is C30H48N2O5.